The molecule has 3 amide bonds. The fourth-order valence-electron chi connectivity index (χ4n) is 1.53. The third kappa shape index (κ3) is 3.88. The van der Waals surface area contributed by atoms with Crippen LogP contribution in [0.15, 0.2) is 0 Å². The van der Waals surface area contributed by atoms with Crippen LogP contribution < -0.4 is 14.5 Å². The number of nitrogens with one attached hydrogen (secondary N) is 3. The quantitative estimate of drug-likeness (QED) is 0.514. The molecule has 0 aliphatic heterocycles. The van der Waals surface area contributed by atoms with E-state index in [1.807, 2.05) is 0 Å². The maximum absolute atomic E-state index is 11.6. The van der Waals surface area contributed by atoms with Crippen molar-refractivity contribution in [2.45, 2.75) is 25.4 Å². The predicted molar refractivity (Wildman–Crippen MR) is 65.3 cm³/mol. The first-order valence-electron chi connectivity index (χ1n) is 4.80. The number of aliphatic hydroxyl groups is 1. The molecule has 0 bridgehead atoms. The van der Waals surface area contributed by atoms with E-state index in [1.54, 1.807) is 14.5 Å². The second-order valence-electron chi connectivity index (χ2n) is 3.46. The Balaban J connectivity index is 5.35. The average molecular weight is 321 g/mol. The Morgan fingerprint density at radius 3 is 2.06 bits per heavy atom. The van der Waals surface area contributed by atoms with E-state index >= 15 is 0 Å². The molecule has 0 spiro atoms. The molecule has 7 nitrogen and oxygen atoms in total. The van der Waals surface area contributed by atoms with Crippen molar-refractivity contribution in [2.75, 3.05) is 0 Å². The van der Waals surface area contributed by atoms with Gasteiger partial charge >= 0.3 is 0 Å². The van der Waals surface area contributed by atoms with Gasteiger partial charge in [0.2, 0.25) is 11.8 Å². The summed E-state index contributed by atoms with van der Waals surface area (Å²) < 4.78 is 0. The molecule has 2 unspecified atom stereocenters. The van der Waals surface area contributed by atoms with Crippen LogP contribution in [0.5, 0.6) is 0 Å². The molecule has 0 heterocycles. The van der Waals surface area contributed by atoms with Gasteiger partial charge < -0.3 is 5.11 Å². The molecule has 10 heteroatoms. The second kappa shape index (κ2) is 7.63. The van der Waals surface area contributed by atoms with Crippen LogP contribution in [-0.2, 0) is 14.4 Å². The van der Waals surface area contributed by atoms with Gasteiger partial charge in [0.25, 0.3) is 5.91 Å². The van der Waals surface area contributed by atoms with E-state index in [-0.39, 0.29) is 6.42 Å². The van der Waals surface area contributed by atoms with Gasteiger partial charge in [0.15, 0.2) is 5.60 Å². The van der Waals surface area contributed by atoms with Gasteiger partial charge in [0.1, 0.15) is 0 Å². The highest BCUT2D eigenvalue weighted by Crippen LogP contribution is 2.26. The smallest absolute Gasteiger partial charge is 0.267 e. The number of carbonyl (C=O) groups excluding carboxylic acids is 3. The molecule has 0 aliphatic rings. The average Bonchev–Trinajstić information content (AvgIpc) is 2.37. The van der Waals surface area contributed by atoms with E-state index in [2.05, 4.69) is 0 Å². The van der Waals surface area contributed by atoms with Crippen molar-refractivity contribution in [1.29, 1.82) is 0 Å². The molecule has 0 fully saturated rings. The highest BCUT2D eigenvalue weighted by atomic mass is 35.5. The summed E-state index contributed by atoms with van der Waals surface area (Å²) in [6, 6.07) is 0. The molecular weight excluding hydrogens is 308 g/mol. The minimum absolute atomic E-state index is 0.0505. The van der Waals surface area contributed by atoms with E-state index < -0.39 is 35.7 Å². The van der Waals surface area contributed by atoms with Crippen LogP contribution in [0, 0.1) is 5.92 Å². The van der Waals surface area contributed by atoms with Gasteiger partial charge in [-0.15, -0.1) is 0 Å². The lowest BCUT2D eigenvalue weighted by Gasteiger charge is -2.31. The van der Waals surface area contributed by atoms with E-state index in [9.17, 15) is 19.5 Å². The van der Waals surface area contributed by atoms with Gasteiger partial charge in [-0.25, -0.2) is 0 Å². The molecule has 104 valence electrons. The SMILES string of the molecule is CCC(C(=O)NCl)C(O)(CC(=O)NCl)C(=O)NCl. The van der Waals surface area contributed by atoms with Crippen LogP contribution in [-0.4, -0.2) is 28.4 Å². The van der Waals surface area contributed by atoms with Gasteiger partial charge in [-0.1, -0.05) is 6.92 Å². The van der Waals surface area contributed by atoms with Crippen LogP contribution in [0.3, 0.4) is 0 Å². The summed E-state index contributed by atoms with van der Waals surface area (Å²) in [5.41, 5.74) is -2.35. The summed E-state index contributed by atoms with van der Waals surface area (Å²) in [6.07, 6.45) is -0.688. The summed E-state index contributed by atoms with van der Waals surface area (Å²) in [5, 5.41) is 10.2. The molecule has 2 atom stereocenters. The van der Waals surface area contributed by atoms with E-state index in [1.165, 1.54) is 6.92 Å². The summed E-state index contributed by atoms with van der Waals surface area (Å²) in [4.78, 5) is 39.4. The fourth-order valence-corrected chi connectivity index (χ4v) is 1.89. The molecule has 0 rings (SSSR count). The van der Waals surface area contributed by atoms with Crippen LogP contribution in [0.1, 0.15) is 19.8 Å². The lowest BCUT2D eigenvalue weighted by atomic mass is 9.81. The van der Waals surface area contributed by atoms with Gasteiger partial charge in [0, 0.05) is 35.3 Å². The maximum Gasteiger partial charge on any atom is 0.267 e. The van der Waals surface area contributed by atoms with Gasteiger partial charge in [-0.05, 0) is 6.42 Å². The molecule has 0 saturated carbocycles. The molecule has 0 aromatic carbocycles. The zero-order valence-electron chi connectivity index (χ0n) is 9.30. The number of hydrogen-bond acceptors (Lipinski definition) is 4. The highest BCUT2D eigenvalue weighted by Gasteiger charge is 2.48. The van der Waals surface area contributed by atoms with E-state index in [0.717, 1.165) is 0 Å². The molecule has 0 aromatic rings. The van der Waals surface area contributed by atoms with Crippen molar-refractivity contribution in [3.8, 4) is 0 Å². The molecule has 18 heavy (non-hydrogen) atoms. The summed E-state index contributed by atoms with van der Waals surface area (Å²) in [7, 11) is 0. The number of hydrogen-bond donors (Lipinski definition) is 4. The number of amides is 3. The van der Waals surface area contributed by atoms with Gasteiger partial charge in [0.05, 0.1) is 12.3 Å². The minimum Gasteiger partial charge on any atom is -0.379 e. The molecule has 0 aromatic heterocycles. The Bertz CT molecular complexity index is 342. The van der Waals surface area contributed by atoms with Crippen molar-refractivity contribution in [3.63, 3.8) is 0 Å². The Hall–Kier alpha value is -0.760. The summed E-state index contributed by atoms with van der Waals surface area (Å²) in [5.74, 6) is -4.02. The van der Waals surface area contributed by atoms with Crippen LogP contribution >= 0.6 is 35.3 Å². The zero-order chi connectivity index (χ0) is 14.3. The first-order valence-corrected chi connectivity index (χ1v) is 5.94. The van der Waals surface area contributed by atoms with Crippen molar-refractivity contribution < 1.29 is 19.5 Å². The first-order chi connectivity index (χ1) is 8.37. The lowest BCUT2D eigenvalue weighted by molar-refractivity contribution is -0.155. The van der Waals surface area contributed by atoms with Crippen molar-refractivity contribution in [2.24, 2.45) is 5.92 Å². The van der Waals surface area contributed by atoms with Crippen LogP contribution in [0.25, 0.3) is 0 Å². The summed E-state index contributed by atoms with van der Waals surface area (Å²) >= 11 is 15.3. The molecule has 0 saturated heterocycles. The normalized spacial score (nSPS) is 15.2. The molecule has 4 N–H and O–H groups in total. The number of halogens is 3. The van der Waals surface area contributed by atoms with E-state index in [0.29, 0.717) is 0 Å². The monoisotopic (exact) mass is 319 g/mol. The standard InChI is InChI=1S/C8H12Cl3N3O4/c1-2-4(6(16)13-10)8(18,7(17)14-11)3-5(15)12-9/h4,18H,2-3H2,1H3,(H,12,15)(H,13,16)(H,14,17). The molecule has 0 aliphatic carbocycles. The first kappa shape index (κ1) is 17.2. The zero-order valence-corrected chi connectivity index (χ0v) is 11.6. The molecular formula is C8H12Cl3N3O4. The Morgan fingerprint density at radius 1 is 1.17 bits per heavy atom. The third-order valence-electron chi connectivity index (χ3n) is 2.41. The van der Waals surface area contributed by atoms with Gasteiger partial charge in [-0.3, -0.25) is 28.9 Å². The lowest BCUT2D eigenvalue weighted by Crippen LogP contribution is -2.55. The van der Waals surface area contributed by atoms with Crippen molar-refractivity contribution >= 4 is 53.1 Å². The predicted octanol–water partition coefficient (Wildman–Crippen LogP) is -0.0562. The largest absolute Gasteiger partial charge is 0.379 e. The number of carbonyl (C=O) groups is 3. The number of rotatable bonds is 6. The van der Waals surface area contributed by atoms with Crippen molar-refractivity contribution in [3.05, 3.63) is 0 Å². The Kier molecular flexibility index (Phi) is 7.30. The third-order valence-corrected chi connectivity index (χ3v) is 2.98. The Labute approximate surface area is 118 Å². The fraction of sp³-hybridized carbons (Fsp3) is 0.625. The second-order valence-corrected chi connectivity index (χ2v) is 4.03. The molecule has 0 radical (unpaired) electrons. The van der Waals surface area contributed by atoms with Crippen LogP contribution in [0.4, 0.5) is 0 Å². The van der Waals surface area contributed by atoms with Crippen LogP contribution in [0.2, 0.25) is 0 Å². The Morgan fingerprint density at radius 2 is 1.72 bits per heavy atom. The minimum atomic E-state index is -2.35. The highest BCUT2D eigenvalue weighted by molar-refractivity contribution is 6.25. The maximum atomic E-state index is 11.6. The van der Waals surface area contributed by atoms with Crippen molar-refractivity contribution in [1.82, 2.24) is 14.5 Å². The van der Waals surface area contributed by atoms with E-state index in [4.69, 9.17) is 35.3 Å². The van der Waals surface area contributed by atoms with Gasteiger partial charge in [-0.2, -0.15) is 0 Å². The summed E-state index contributed by atoms with van der Waals surface area (Å²) in [6.45, 7) is 1.53. The topological polar surface area (TPSA) is 108 Å².